The molecule has 1 fully saturated rings. The largest absolute Gasteiger partial charge is 0.329 e. The van der Waals surface area contributed by atoms with Gasteiger partial charge in [-0.1, -0.05) is 26.7 Å². The first kappa shape index (κ1) is 12.9. The molecule has 0 saturated heterocycles. The lowest BCUT2D eigenvalue weighted by molar-refractivity contribution is 0.269. The average Bonchev–Trinajstić information content (AvgIpc) is 2.74. The van der Waals surface area contributed by atoms with Crippen molar-refractivity contribution in [2.45, 2.75) is 45.1 Å². The van der Waals surface area contributed by atoms with Crippen LogP contribution in [0.1, 0.15) is 39.5 Å². The highest BCUT2D eigenvalue weighted by Gasteiger charge is 2.31. The molecule has 0 unspecified atom stereocenters. The summed E-state index contributed by atoms with van der Waals surface area (Å²) >= 11 is 0. The smallest absolute Gasteiger partial charge is 0.0304 e. The summed E-state index contributed by atoms with van der Waals surface area (Å²) in [6.45, 7) is 9.76. The molecule has 3 heteroatoms. The molecule has 3 N–H and O–H groups in total. The molecule has 0 bridgehead atoms. The molecule has 0 amide bonds. The Morgan fingerprint density at radius 1 is 1.20 bits per heavy atom. The van der Waals surface area contributed by atoms with E-state index in [0.29, 0.717) is 0 Å². The Kier molecular flexibility index (Phi) is 5.58. The molecule has 0 aliphatic heterocycles. The molecule has 1 aliphatic rings. The maximum absolute atomic E-state index is 5.87. The number of nitrogens with two attached hydrogens (primary N) is 1. The van der Waals surface area contributed by atoms with Crippen LogP contribution in [0.4, 0.5) is 0 Å². The van der Waals surface area contributed by atoms with E-state index in [0.717, 1.165) is 32.7 Å². The van der Waals surface area contributed by atoms with Crippen molar-refractivity contribution in [1.29, 1.82) is 0 Å². The van der Waals surface area contributed by atoms with E-state index < -0.39 is 0 Å². The molecule has 0 radical (unpaired) electrons. The number of hydrogen-bond donors (Lipinski definition) is 2. The van der Waals surface area contributed by atoms with Gasteiger partial charge in [0.25, 0.3) is 0 Å². The quantitative estimate of drug-likeness (QED) is 0.667. The van der Waals surface area contributed by atoms with Crippen molar-refractivity contribution in [3.63, 3.8) is 0 Å². The molecule has 0 heterocycles. The Morgan fingerprint density at radius 2 is 1.80 bits per heavy atom. The Balaban J connectivity index is 2.22. The standard InChI is InChI=1S/C12H27N3/c1-3-15(4-2)10-9-14-12(11-13)7-5-6-8-12/h14H,3-11,13H2,1-2H3. The number of rotatable bonds is 7. The van der Waals surface area contributed by atoms with Gasteiger partial charge in [-0.2, -0.15) is 0 Å². The van der Waals surface area contributed by atoms with Crippen molar-refractivity contribution in [2.24, 2.45) is 5.73 Å². The summed E-state index contributed by atoms with van der Waals surface area (Å²) in [4.78, 5) is 2.45. The second-order valence-electron chi connectivity index (χ2n) is 4.65. The van der Waals surface area contributed by atoms with Gasteiger partial charge in [0.05, 0.1) is 0 Å². The predicted octanol–water partition coefficient (Wildman–Crippen LogP) is 1.19. The molecular formula is C12H27N3. The van der Waals surface area contributed by atoms with Gasteiger partial charge in [-0.05, 0) is 25.9 Å². The van der Waals surface area contributed by atoms with Crippen LogP contribution < -0.4 is 11.1 Å². The molecule has 0 aromatic heterocycles. The van der Waals surface area contributed by atoms with Crippen molar-refractivity contribution in [3.8, 4) is 0 Å². The number of hydrogen-bond acceptors (Lipinski definition) is 3. The van der Waals surface area contributed by atoms with Gasteiger partial charge in [-0.25, -0.2) is 0 Å². The Morgan fingerprint density at radius 3 is 2.27 bits per heavy atom. The molecule has 1 saturated carbocycles. The lowest BCUT2D eigenvalue weighted by Gasteiger charge is -2.30. The second-order valence-corrected chi connectivity index (χ2v) is 4.65. The molecular weight excluding hydrogens is 186 g/mol. The van der Waals surface area contributed by atoms with Gasteiger partial charge >= 0.3 is 0 Å². The first-order valence-electron chi connectivity index (χ1n) is 6.44. The van der Waals surface area contributed by atoms with Crippen LogP contribution >= 0.6 is 0 Å². The van der Waals surface area contributed by atoms with Gasteiger partial charge < -0.3 is 16.0 Å². The summed E-state index contributed by atoms with van der Waals surface area (Å²) in [6, 6.07) is 0. The summed E-state index contributed by atoms with van der Waals surface area (Å²) in [6.07, 6.45) is 5.22. The van der Waals surface area contributed by atoms with Crippen molar-refractivity contribution in [2.75, 3.05) is 32.7 Å². The zero-order valence-electron chi connectivity index (χ0n) is 10.4. The first-order chi connectivity index (χ1) is 7.26. The highest BCUT2D eigenvalue weighted by Crippen LogP contribution is 2.28. The van der Waals surface area contributed by atoms with Crippen LogP contribution in [0.2, 0.25) is 0 Å². The Bertz CT molecular complexity index is 160. The molecule has 1 aliphatic carbocycles. The lowest BCUT2D eigenvalue weighted by atomic mass is 9.98. The van der Waals surface area contributed by atoms with Gasteiger partial charge in [0.2, 0.25) is 0 Å². The zero-order chi connectivity index (χ0) is 11.1. The predicted molar refractivity (Wildman–Crippen MR) is 66.0 cm³/mol. The highest BCUT2D eigenvalue weighted by atomic mass is 15.1. The molecule has 0 aromatic carbocycles. The minimum atomic E-state index is 0.271. The molecule has 0 spiro atoms. The third-order valence-corrected chi connectivity index (χ3v) is 3.77. The van der Waals surface area contributed by atoms with Crippen LogP contribution in [-0.2, 0) is 0 Å². The van der Waals surface area contributed by atoms with E-state index in [1.165, 1.54) is 25.7 Å². The molecule has 1 rings (SSSR count). The van der Waals surface area contributed by atoms with Crippen LogP contribution in [0.25, 0.3) is 0 Å². The second kappa shape index (κ2) is 6.46. The van der Waals surface area contributed by atoms with Crippen molar-refractivity contribution in [3.05, 3.63) is 0 Å². The normalized spacial score (nSPS) is 20.0. The summed E-state index contributed by atoms with van der Waals surface area (Å²) in [5.74, 6) is 0. The van der Waals surface area contributed by atoms with E-state index in [1.807, 2.05) is 0 Å². The molecule has 3 nitrogen and oxygen atoms in total. The van der Waals surface area contributed by atoms with E-state index in [-0.39, 0.29) is 5.54 Å². The fourth-order valence-electron chi connectivity index (χ4n) is 2.52. The number of nitrogens with one attached hydrogen (secondary N) is 1. The van der Waals surface area contributed by atoms with E-state index in [4.69, 9.17) is 5.73 Å². The lowest BCUT2D eigenvalue weighted by Crippen LogP contribution is -2.51. The maximum Gasteiger partial charge on any atom is 0.0304 e. The summed E-state index contributed by atoms with van der Waals surface area (Å²) < 4.78 is 0. The fourth-order valence-corrected chi connectivity index (χ4v) is 2.52. The monoisotopic (exact) mass is 213 g/mol. The molecule has 0 atom stereocenters. The van der Waals surface area contributed by atoms with Crippen molar-refractivity contribution in [1.82, 2.24) is 10.2 Å². The minimum absolute atomic E-state index is 0.271. The highest BCUT2D eigenvalue weighted by molar-refractivity contribution is 4.93. The number of nitrogens with zero attached hydrogens (tertiary/aromatic N) is 1. The van der Waals surface area contributed by atoms with Crippen LogP contribution in [0, 0.1) is 0 Å². The average molecular weight is 213 g/mol. The van der Waals surface area contributed by atoms with Crippen LogP contribution in [0.3, 0.4) is 0 Å². The Labute approximate surface area is 94.4 Å². The molecule has 0 aromatic rings. The summed E-state index contributed by atoms with van der Waals surface area (Å²) in [5, 5.41) is 3.68. The Hall–Kier alpha value is -0.120. The summed E-state index contributed by atoms with van der Waals surface area (Å²) in [5.41, 5.74) is 6.15. The van der Waals surface area contributed by atoms with E-state index >= 15 is 0 Å². The van der Waals surface area contributed by atoms with Gasteiger partial charge in [0, 0.05) is 25.2 Å². The topological polar surface area (TPSA) is 41.3 Å². The molecule has 15 heavy (non-hydrogen) atoms. The van der Waals surface area contributed by atoms with Crippen LogP contribution in [-0.4, -0.2) is 43.2 Å². The van der Waals surface area contributed by atoms with E-state index in [1.54, 1.807) is 0 Å². The third kappa shape index (κ3) is 3.74. The van der Waals surface area contributed by atoms with Gasteiger partial charge in [0.15, 0.2) is 0 Å². The van der Waals surface area contributed by atoms with Crippen LogP contribution in [0.5, 0.6) is 0 Å². The van der Waals surface area contributed by atoms with Gasteiger partial charge in [-0.15, -0.1) is 0 Å². The first-order valence-corrected chi connectivity index (χ1v) is 6.44. The van der Waals surface area contributed by atoms with E-state index in [9.17, 15) is 0 Å². The third-order valence-electron chi connectivity index (χ3n) is 3.77. The van der Waals surface area contributed by atoms with E-state index in [2.05, 4.69) is 24.1 Å². The zero-order valence-corrected chi connectivity index (χ0v) is 10.4. The fraction of sp³-hybridized carbons (Fsp3) is 1.00. The van der Waals surface area contributed by atoms with Gasteiger partial charge in [-0.3, -0.25) is 0 Å². The SMILES string of the molecule is CCN(CC)CCNC1(CN)CCCC1. The molecule has 90 valence electrons. The maximum atomic E-state index is 5.87. The van der Waals surface area contributed by atoms with Gasteiger partial charge in [0.1, 0.15) is 0 Å². The van der Waals surface area contributed by atoms with Crippen molar-refractivity contribution >= 4 is 0 Å². The van der Waals surface area contributed by atoms with Crippen LogP contribution in [0.15, 0.2) is 0 Å². The summed E-state index contributed by atoms with van der Waals surface area (Å²) in [7, 11) is 0. The number of likely N-dealkylation sites (N-methyl/N-ethyl adjacent to an activating group) is 1. The minimum Gasteiger partial charge on any atom is -0.329 e. The van der Waals surface area contributed by atoms with Crippen molar-refractivity contribution < 1.29 is 0 Å².